The van der Waals surface area contributed by atoms with Gasteiger partial charge in [0.15, 0.2) is 0 Å². The van der Waals surface area contributed by atoms with Crippen molar-refractivity contribution in [2.24, 2.45) is 0 Å². The van der Waals surface area contributed by atoms with Crippen molar-refractivity contribution < 1.29 is 4.74 Å². The van der Waals surface area contributed by atoms with Crippen LogP contribution in [0.4, 0.5) is 0 Å². The summed E-state index contributed by atoms with van der Waals surface area (Å²) >= 11 is 0. The largest absolute Gasteiger partial charge is 0.496 e. The van der Waals surface area contributed by atoms with Crippen LogP contribution in [0.25, 0.3) is 11.1 Å². The van der Waals surface area contributed by atoms with Crippen molar-refractivity contribution >= 4 is 0 Å². The molecule has 0 N–H and O–H groups in total. The zero-order valence-electron chi connectivity index (χ0n) is 11.1. The molecule has 0 aliphatic carbocycles. The molecule has 0 amide bonds. The van der Waals surface area contributed by atoms with E-state index < -0.39 is 0 Å². The molecule has 18 heavy (non-hydrogen) atoms. The van der Waals surface area contributed by atoms with Gasteiger partial charge in [-0.1, -0.05) is 36.4 Å². The summed E-state index contributed by atoms with van der Waals surface area (Å²) in [5, 5.41) is 0. The number of ether oxygens (including phenoxy) is 1. The van der Waals surface area contributed by atoms with Gasteiger partial charge in [0.25, 0.3) is 0 Å². The molecular formula is C16H18NO. The first kappa shape index (κ1) is 12.7. The summed E-state index contributed by atoms with van der Waals surface area (Å²) in [7, 11) is 5.83. The molecule has 2 aromatic rings. The smallest absolute Gasteiger partial charge is 0.127 e. The van der Waals surface area contributed by atoms with E-state index in [1.165, 1.54) is 11.1 Å². The minimum Gasteiger partial charge on any atom is -0.496 e. The molecule has 2 rings (SSSR count). The number of hydrogen-bond acceptors (Lipinski definition) is 2. The second-order valence-corrected chi connectivity index (χ2v) is 4.56. The Labute approximate surface area is 109 Å². The van der Waals surface area contributed by atoms with E-state index in [9.17, 15) is 0 Å². The summed E-state index contributed by atoms with van der Waals surface area (Å²) in [6.07, 6.45) is 0. The van der Waals surface area contributed by atoms with Crippen molar-refractivity contribution in [3.63, 3.8) is 0 Å². The first-order chi connectivity index (χ1) is 8.70. The molecule has 93 valence electrons. The number of hydrogen-bond donors (Lipinski definition) is 0. The standard InChI is InChI=1S/C16H18NO/c1-17(2)12-13-8-10-14(11-9-13)15-6-4-5-7-16(15)18-3/h4,6-11H,12H2,1-3H3. The Morgan fingerprint density at radius 2 is 1.83 bits per heavy atom. The van der Waals surface area contributed by atoms with E-state index in [0.717, 1.165) is 17.9 Å². The van der Waals surface area contributed by atoms with Crippen LogP contribution in [0.1, 0.15) is 5.56 Å². The summed E-state index contributed by atoms with van der Waals surface area (Å²) < 4.78 is 5.36. The summed E-state index contributed by atoms with van der Waals surface area (Å²) in [6, 6.07) is 17.4. The highest BCUT2D eigenvalue weighted by molar-refractivity contribution is 5.70. The third-order valence-corrected chi connectivity index (χ3v) is 2.81. The lowest BCUT2D eigenvalue weighted by atomic mass is 10.0. The number of nitrogens with zero attached hydrogens (tertiary/aromatic N) is 1. The van der Waals surface area contributed by atoms with Crippen molar-refractivity contribution in [2.75, 3.05) is 21.2 Å². The average molecular weight is 240 g/mol. The SMILES string of the molecule is COc1c[c]ccc1-c1ccc(CN(C)C)cc1. The molecule has 2 heteroatoms. The fourth-order valence-corrected chi connectivity index (χ4v) is 1.98. The molecular weight excluding hydrogens is 222 g/mol. The number of rotatable bonds is 4. The molecule has 0 aliphatic heterocycles. The van der Waals surface area contributed by atoms with Crippen LogP contribution in [0.5, 0.6) is 5.75 Å². The molecule has 0 atom stereocenters. The second kappa shape index (κ2) is 5.69. The maximum Gasteiger partial charge on any atom is 0.127 e. The lowest BCUT2D eigenvalue weighted by Gasteiger charge is -2.11. The zero-order chi connectivity index (χ0) is 13.0. The summed E-state index contributed by atoms with van der Waals surface area (Å²) in [5.74, 6) is 0.859. The highest BCUT2D eigenvalue weighted by atomic mass is 16.5. The van der Waals surface area contributed by atoms with Crippen molar-refractivity contribution in [1.29, 1.82) is 0 Å². The van der Waals surface area contributed by atoms with Crippen LogP contribution in [0.3, 0.4) is 0 Å². The highest BCUT2D eigenvalue weighted by Crippen LogP contribution is 2.29. The Bertz CT molecular complexity index is 503. The predicted molar refractivity (Wildman–Crippen MR) is 74.7 cm³/mol. The minimum absolute atomic E-state index is 0.859. The lowest BCUT2D eigenvalue weighted by Crippen LogP contribution is -2.10. The molecule has 0 saturated carbocycles. The average Bonchev–Trinajstić information content (AvgIpc) is 2.39. The molecule has 1 radical (unpaired) electrons. The van der Waals surface area contributed by atoms with Gasteiger partial charge in [-0.05, 0) is 37.4 Å². The molecule has 0 aromatic heterocycles. The Morgan fingerprint density at radius 1 is 1.11 bits per heavy atom. The highest BCUT2D eigenvalue weighted by Gasteiger charge is 2.04. The van der Waals surface area contributed by atoms with E-state index >= 15 is 0 Å². The first-order valence-corrected chi connectivity index (χ1v) is 5.99. The Balaban J connectivity index is 2.28. The van der Waals surface area contributed by atoms with Crippen LogP contribution in [0.2, 0.25) is 0 Å². The van der Waals surface area contributed by atoms with Crippen LogP contribution in [-0.4, -0.2) is 26.1 Å². The Morgan fingerprint density at radius 3 is 2.44 bits per heavy atom. The monoisotopic (exact) mass is 240 g/mol. The van der Waals surface area contributed by atoms with Gasteiger partial charge in [-0.2, -0.15) is 0 Å². The van der Waals surface area contributed by atoms with Gasteiger partial charge in [-0.25, -0.2) is 0 Å². The fraction of sp³-hybridized carbons (Fsp3) is 0.250. The maximum atomic E-state index is 5.36. The third-order valence-electron chi connectivity index (χ3n) is 2.81. The van der Waals surface area contributed by atoms with Crippen molar-refractivity contribution in [3.8, 4) is 16.9 Å². The van der Waals surface area contributed by atoms with Crippen LogP contribution >= 0.6 is 0 Å². The van der Waals surface area contributed by atoms with Gasteiger partial charge in [-0.15, -0.1) is 0 Å². The molecule has 0 unspecified atom stereocenters. The van der Waals surface area contributed by atoms with Gasteiger partial charge in [0.05, 0.1) is 7.11 Å². The number of benzene rings is 2. The van der Waals surface area contributed by atoms with E-state index in [4.69, 9.17) is 4.74 Å². The van der Waals surface area contributed by atoms with Crippen molar-refractivity contribution in [2.45, 2.75) is 6.54 Å². The van der Waals surface area contributed by atoms with Gasteiger partial charge < -0.3 is 9.64 Å². The summed E-state index contributed by atoms with van der Waals surface area (Å²) in [5.41, 5.74) is 3.58. The fourth-order valence-electron chi connectivity index (χ4n) is 1.98. The molecule has 0 fully saturated rings. The van der Waals surface area contributed by atoms with Gasteiger partial charge in [0, 0.05) is 12.1 Å². The summed E-state index contributed by atoms with van der Waals surface area (Å²) in [6.45, 7) is 0.958. The Kier molecular flexibility index (Phi) is 4.00. The lowest BCUT2D eigenvalue weighted by molar-refractivity contribution is 0.402. The topological polar surface area (TPSA) is 12.5 Å². The minimum atomic E-state index is 0.859. The predicted octanol–water partition coefficient (Wildman–Crippen LogP) is 3.22. The normalized spacial score (nSPS) is 10.7. The van der Waals surface area contributed by atoms with Crippen LogP contribution in [0.15, 0.2) is 42.5 Å². The maximum absolute atomic E-state index is 5.36. The van der Waals surface area contributed by atoms with Crippen LogP contribution in [-0.2, 0) is 6.54 Å². The van der Waals surface area contributed by atoms with E-state index in [1.807, 2.05) is 18.2 Å². The molecule has 0 saturated heterocycles. The van der Waals surface area contributed by atoms with E-state index in [1.54, 1.807) is 7.11 Å². The van der Waals surface area contributed by atoms with Crippen molar-refractivity contribution in [3.05, 3.63) is 54.1 Å². The van der Waals surface area contributed by atoms with Gasteiger partial charge in [0.1, 0.15) is 5.75 Å². The quantitative estimate of drug-likeness (QED) is 0.813. The van der Waals surface area contributed by atoms with Crippen LogP contribution < -0.4 is 4.74 Å². The summed E-state index contributed by atoms with van der Waals surface area (Å²) in [4.78, 5) is 2.16. The first-order valence-electron chi connectivity index (χ1n) is 5.99. The molecule has 2 aromatic carbocycles. The van der Waals surface area contributed by atoms with Gasteiger partial charge in [-0.3, -0.25) is 0 Å². The third kappa shape index (κ3) is 2.90. The van der Waals surface area contributed by atoms with Gasteiger partial charge >= 0.3 is 0 Å². The molecule has 0 heterocycles. The van der Waals surface area contributed by atoms with Gasteiger partial charge in [0.2, 0.25) is 0 Å². The molecule has 2 nitrogen and oxygen atoms in total. The zero-order valence-corrected chi connectivity index (χ0v) is 11.1. The van der Waals surface area contributed by atoms with E-state index in [2.05, 4.69) is 49.3 Å². The van der Waals surface area contributed by atoms with E-state index in [-0.39, 0.29) is 0 Å². The van der Waals surface area contributed by atoms with Crippen LogP contribution in [0, 0.1) is 6.07 Å². The van der Waals surface area contributed by atoms with Crippen molar-refractivity contribution in [1.82, 2.24) is 4.90 Å². The molecule has 0 spiro atoms. The molecule has 0 aliphatic rings. The molecule has 0 bridgehead atoms. The number of methoxy groups -OCH3 is 1. The van der Waals surface area contributed by atoms with E-state index in [0.29, 0.717) is 0 Å². The second-order valence-electron chi connectivity index (χ2n) is 4.56. The Hall–Kier alpha value is -1.80.